The van der Waals surface area contributed by atoms with Crippen LogP contribution in [0.2, 0.25) is 0 Å². The van der Waals surface area contributed by atoms with Crippen molar-refractivity contribution in [1.82, 2.24) is 0 Å². The highest BCUT2D eigenvalue weighted by atomic mass is 16.4. The van der Waals surface area contributed by atoms with Gasteiger partial charge in [0.05, 0.1) is 0 Å². The Morgan fingerprint density at radius 1 is 1.29 bits per heavy atom. The molecular weight excluding hydrogens is 216 g/mol. The van der Waals surface area contributed by atoms with Gasteiger partial charge < -0.3 is 9.90 Å². The maximum atomic E-state index is 11.4. The minimum absolute atomic E-state index is 0.108. The fraction of sp³-hybridized carbons (Fsp3) is 0.429. The highest BCUT2D eigenvalue weighted by molar-refractivity contribution is 5.82. The standard InChI is InChI=1S/C14H16O3/c15-12-6-7-13(14(16)17)11(9-12)8-10-4-2-1-3-5-10/h1-5,11,13H,6-9H2,(H,16,17)/p-1/t11-,13+/m0/s1. The first-order chi connectivity index (χ1) is 8.16. The Morgan fingerprint density at radius 3 is 2.65 bits per heavy atom. The molecule has 1 aliphatic rings. The second-order valence-corrected chi connectivity index (χ2v) is 4.66. The Kier molecular flexibility index (Phi) is 3.57. The van der Waals surface area contributed by atoms with Gasteiger partial charge in [-0.25, -0.2) is 0 Å². The molecule has 1 aromatic carbocycles. The van der Waals surface area contributed by atoms with E-state index in [1.54, 1.807) is 0 Å². The molecule has 90 valence electrons. The zero-order valence-corrected chi connectivity index (χ0v) is 9.59. The summed E-state index contributed by atoms with van der Waals surface area (Å²) in [6, 6.07) is 9.70. The summed E-state index contributed by atoms with van der Waals surface area (Å²) in [7, 11) is 0. The molecule has 0 saturated heterocycles. The molecule has 3 heteroatoms. The number of carbonyl (C=O) groups excluding carboxylic acids is 2. The van der Waals surface area contributed by atoms with E-state index in [2.05, 4.69) is 0 Å². The van der Waals surface area contributed by atoms with Gasteiger partial charge in [-0.1, -0.05) is 30.3 Å². The van der Waals surface area contributed by atoms with Gasteiger partial charge in [0.15, 0.2) is 0 Å². The zero-order valence-electron chi connectivity index (χ0n) is 9.59. The third kappa shape index (κ3) is 2.93. The fourth-order valence-corrected chi connectivity index (χ4v) is 2.53. The number of carbonyl (C=O) groups is 2. The van der Waals surface area contributed by atoms with Crippen molar-refractivity contribution in [2.45, 2.75) is 25.7 Å². The van der Waals surface area contributed by atoms with Crippen LogP contribution in [0, 0.1) is 11.8 Å². The lowest BCUT2D eigenvalue weighted by molar-refractivity contribution is -0.313. The summed E-state index contributed by atoms with van der Waals surface area (Å²) < 4.78 is 0. The molecule has 0 N–H and O–H groups in total. The predicted molar refractivity (Wildman–Crippen MR) is 61.0 cm³/mol. The van der Waals surface area contributed by atoms with E-state index in [9.17, 15) is 14.7 Å². The summed E-state index contributed by atoms with van der Waals surface area (Å²) in [4.78, 5) is 22.5. The third-order valence-electron chi connectivity index (χ3n) is 3.44. The van der Waals surface area contributed by atoms with Crippen LogP contribution < -0.4 is 5.11 Å². The average molecular weight is 231 g/mol. The first kappa shape index (κ1) is 11.8. The monoisotopic (exact) mass is 231 g/mol. The average Bonchev–Trinajstić information content (AvgIpc) is 2.30. The van der Waals surface area contributed by atoms with E-state index < -0.39 is 11.9 Å². The van der Waals surface area contributed by atoms with Gasteiger partial charge in [0, 0.05) is 24.7 Å². The van der Waals surface area contributed by atoms with Gasteiger partial charge in [0.1, 0.15) is 5.78 Å². The number of carboxylic acids is 1. The van der Waals surface area contributed by atoms with E-state index in [-0.39, 0.29) is 11.7 Å². The first-order valence-electron chi connectivity index (χ1n) is 5.93. The van der Waals surface area contributed by atoms with Crippen molar-refractivity contribution in [1.29, 1.82) is 0 Å². The highest BCUT2D eigenvalue weighted by Gasteiger charge is 2.30. The van der Waals surface area contributed by atoms with Crippen LogP contribution in [0.15, 0.2) is 30.3 Å². The van der Waals surface area contributed by atoms with Crippen LogP contribution in [0.3, 0.4) is 0 Å². The van der Waals surface area contributed by atoms with E-state index in [0.717, 1.165) is 5.56 Å². The van der Waals surface area contributed by atoms with Crippen molar-refractivity contribution in [3.63, 3.8) is 0 Å². The smallest absolute Gasteiger partial charge is 0.133 e. The summed E-state index contributed by atoms with van der Waals surface area (Å²) in [6.45, 7) is 0. The molecule has 1 fully saturated rings. The largest absolute Gasteiger partial charge is 0.550 e. The number of aliphatic carboxylic acids is 1. The maximum Gasteiger partial charge on any atom is 0.133 e. The van der Waals surface area contributed by atoms with Gasteiger partial charge in [-0.2, -0.15) is 0 Å². The summed E-state index contributed by atoms with van der Waals surface area (Å²) in [5.41, 5.74) is 1.08. The molecule has 0 unspecified atom stereocenters. The lowest BCUT2D eigenvalue weighted by Gasteiger charge is -2.31. The Balaban J connectivity index is 2.10. The van der Waals surface area contributed by atoms with E-state index in [0.29, 0.717) is 25.7 Å². The maximum absolute atomic E-state index is 11.4. The van der Waals surface area contributed by atoms with Crippen molar-refractivity contribution in [3.05, 3.63) is 35.9 Å². The number of Topliss-reactive ketones (excluding diaryl/α,β-unsaturated/α-hetero) is 1. The van der Waals surface area contributed by atoms with Crippen LogP contribution in [-0.4, -0.2) is 11.8 Å². The molecule has 0 spiro atoms. The van der Waals surface area contributed by atoms with Crippen LogP contribution in [0.5, 0.6) is 0 Å². The van der Waals surface area contributed by atoms with Gasteiger partial charge in [-0.3, -0.25) is 4.79 Å². The van der Waals surface area contributed by atoms with E-state index in [4.69, 9.17) is 0 Å². The molecule has 2 rings (SSSR count). The number of ketones is 1. The highest BCUT2D eigenvalue weighted by Crippen LogP contribution is 2.30. The van der Waals surface area contributed by atoms with Crippen LogP contribution in [0.1, 0.15) is 24.8 Å². The molecule has 0 aliphatic heterocycles. The Labute approximate surface area is 100 Å². The molecule has 0 amide bonds. The molecule has 1 aliphatic carbocycles. The van der Waals surface area contributed by atoms with Crippen molar-refractivity contribution < 1.29 is 14.7 Å². The lowest BCUT2D eigenvalue weighted by Crippen LogP contribution is -2.40. The van der Waals surface area contributed by atoms with Crippen LogP contribution in [0.25, 0.3) is 0 Å². The van der Waals surface area contributed by atoms with Crippen molar-refractivity contribution in [2.75, 3.05) is 0 Å². The second-order valence-electron chi connectivity index (χ2n) is 4.66. The SMILES string of the molecule is O=C1CC[C@@H](C(=O)[O-])[C@@H](Cc2ccccc2)C1. The summed E-state index contributed by atoms with van der Waals surface area (Å²) in [5, 5.41) is 11.0. The van der Waals surface area contributed by atoms with Crippen LogP contribution in [0.4, 0.5) is 0 Å². The Morgan fingerprint density at radius 2 is 2.00 bits per heavy atom. The zero-order chi connectivity index (χ0) is 12.3. The summed E-state index contributed by atoms with van der Waals surface area (Å²) >= 11 is 0. The molecule has 1 aromatic rings. The fourth-order valence-electron chi connectivity index (χ4n) is 2.53. The van der Waals surface area contributed by atoms with E-state index in [1.165, 1.54) is 0 Å². The molecule has 0 heterocycles. The van der Waals surface area contributed by atoms with Crippen molar-refractivity contribution in [2.24, 2.45) is 11.8 Å². The molecule has 0 bridgehead atoms. The predicted octanol–water partition coefficient (Wildman–Crippen LogP) is 0.964. The van der Waals surface area contributed by atoms with Crippen LogP contribution in [-0.2, 0) is 16.0 Å². The lowest BCUT2D eigenvalue weighted by atomic mass is 9.75. The summed E-state index contributed by atoms with van der Waals surface area (Å²) in [6.07, 6.45) is 1.82. The van der Waals surface area contributed by atoms with E-state index in [1.807, 2.05) is 30.3 Å². The molecular formula is C14H15O3-. The van der Waals surface area contributed by atoms with Gasteiger partial charge in [-0.05, 0) is 24.3 Å². The molecule has 2 atom stereocenters. The number of hydrogen-bond acceptors (Lipinski definition) is 3. The van der Waals surface area contributed by atoms with Crippen molar-refractivity contribution >= 4 is 11.8 Å². The van der Waals surface area contributed by atoms with Crippen LogP contribution >= 0.6 is 0 Å². The topological polar surface area (TPSA) is 57.2 Å². The third-order valence-corrected chi connectivity index (χ3v) is 3.44. The number of rotatable bonds is 3. The molecule has 0 radical (unpaired) electrons. The Bertz CT molecular complexity index is 411. The molecule has 0 aromatic heterocycles. The van der Waals surface area contributed by atoms with Gasteiger partial charge in [-0.15, -0.1) is 0 Å². The normalized spacial score (nSPS) is 24.6. The van der Waals surface area contributed by atoms with E-state index >= 15 is 0 Å². The minimum Gasteiger partial charge on any atom is -0.550 e. The van der Waals surface area contributed by atoms with Crippen molar-refractivity contribution in [3.8, 4) is 0 Å². The minimum atomic E-state index is -1.02. The number of benzene rings is 1. The number of hydrogen-bond donors (Lipinski definition) is 0. The Hall–Kier alpha value is -1.64. The first-order valence-corrected chi connectivity index (χ1v) is 5.93. The van der Waals surface area contributed by atoms with Gasteiger partial charge in [0.2, 0.25) is 0 Å². The summed E-state index contributed by atoms with van der Waals surface area (Å²) in [5.74, 6) is -1.43. The van der Waals surface area contributed by atoms with Gasteiger partial charge >= 0.3 is 0 Å². The molecule has 1 saturated carbocycles. The molecule has 17 heavy (non-hydrogen) atoms. The quantitative estimate of drug-likeness (QED) is 0.778. The second kappa shape index (κ2) is 5.13. The number of carboxylic acid groups (broad SMARTS) is 1. The van der Waals surface area contributed by atoms with Gasteiger partial charge in [0.25, 0.3) is 0 Å². The molecule has 3 nitrogen and oxygen atoms in total.